The van der Waals surface area contributed by atoms with Crippen LogP contribution in [0.1, 0.15) is 56.4 Å². The molecule has 0 spiro atoms. The van der Waals surface area contributed by atoms with Gasteiger partial charge in [-0.2, -0.15) is 0 Å². The van der Waals surface area contributed by atoms with Gasteiger partial charge < -0.3 is 13.9 Å². The molecule has 2 fully saturated rings. The number of ether oxygens (including phenoxy) is 2. The maximum Gasteiger partial charge on any atom is 0.147 e. The second kappa shape index (κ2) is 8.83. The van der Waals surface area contributed by atoms with Crippen molar-refractivity contribution in [1.29, 1.82) is 0 Å². The summed E-state index contributed by atoms with van der Waals surface area (Å²) in [6, 6.07) is 10.1. The number of Topliss-reactive ketones (excluding diaryl/α,β-unsaturated/α-hetero) is 2. The molecule has 1 saturated heterocycles. The van der Waals surface area contributed by atoms with Gasteiger partial charge in [-0.3, -0.25) is 9.59 Å². The molecule has 1 aliphatic carbocycles. The summed E-state index contributed by atoms with van der Waals surface area (Å²) in [6.45, 7) is 2.50. The van der Waals surface area contributed by atoms with Crippen molar-refractivity contribution in [2.75, 3.05) is 19.8 Å². The molecule has 2 aliphatic rings. The molecule has 0 amide bonds. The van der Waals surface area contributed by atoms with Gasteiger partial charge in [0.15, 0.2) is 0 Å². The molecule has 5 nitrogen and oxygen atoms in total. The van der Waals surface area contributed by atoms with Crippen molar-refractivity contribution in [3.63, 3.8) is 0 Å². The third-order valence-electron chi connectivity index (χ3n) is 6.77. The van der Waals surface area contributed by atoms with Crippen LogP contribution in [0.4, 0.5) is 0 Å². The quantitative estimate of drug-likeness (QED) is 0.385. The molecule has 1 saturated carbocycles. The molecule has 0 N–H and O–H groups in total. The normalized spacial score (nSPS) is 20.6. The fraction of sp³-hybridized carbons (Fsp3) is 0.462. The summed E-state index contributed by atoms with van der Waals surface area (Å²) in [4.78, 5) is 24.1. The molecular formula is C26H28O5. The first kappa shape index (κ1) is 20.3. The highest BCUT2D eigenvalue weighted by atomic mass is 16.5. The van der Waals surface area contributed by atoms with Crippen molar-refractivity contribution in [1.82, 2.24) is 0 Å². The number of fused-ring (bicyclic) bond motifs is 3. The lowest BCUT2D eigenvalue weighted by atomic mass is 9.81. The molecule has 31 heavy (non-hydrogen) atoms. The minimum Gasteiger partial charge on any atom is -0.494 e. The summed E-state index contributed by atoms with van der Waals surface area (Å²) in [5.74, 6) is 1.41. The second-order valence-corrected chi connectivity index (χ2v) is 8.83. The average Bonchev–Trinajstić information content (AvgIpc) is 3.21. The number of benzene rings is 2. The zero-order chi connectivity index (χ0) is 21.2. The topological polar surface area (TPSA) is 65.7 Å². The summed E-state index contributed by atoms with van der Waals surface area (Å²) >= 11 is 0. The lowest BCUT2D eigenvalue weighted by Gasteiger charge is -2.21. The zero-order valence-electron chi connectivity index (χ0n) is 17.7. The first-order chi connectivity index (χ1) is 15.2. The standard InChI is InChI=1S/C26H28O5/c27-19-4-6-22(24(28)15-19)23-16-31-25-8-3-18-14-20(5-7-21(18)26(23)25)30-11-1-2-17-9-12-29-13-10-17/h3,5,7-8,14,16-17,22H,1-2,4,6,9-13,15H2. The lowest BCUT2D eigenvalue weighted by Crippen LogP contribution is -2.22. The highest BCUT2D eigenvalue weighted by molar-refractivity contribution is 6.11. The van der Waals surface area contributed by atoms with Crippen molar-refractivity contribution in [2.24, 2.45) is 5.92 Å². The van der Waals surface area contributed by atoms with Gasteiger partial charge in [0, 0.05) is 36.5 Å². The first-order valence-corrected chi connectivity index (χ1v) is 11.4. The van der Waals surface area contributed by atoms with E-state index in [1.807, 2.05) is 18.2 Å². The fourth-order valence-corrected chi connectivity index (χ4v) is 5.01. The molecular weight excluding hydrogens is 392 g/mol. The predicted octanol–water partition coefficient (Wildman–Crippen LogP) is 5.58. The van der Waals surface area contributed by atoms with Crippen molar-refractivity contribution in [3.05, 3.63) is 42.2 Å². The number of hydrogen-bond acceptors (Lipinski definition) is 5. The molecule has 2 heterocycles. The van der Waals surface area contributed by atoms with E-state index in [4.69, 9.17) is 13.9 Å². The molecule has 5 rings (SSSR count). The Morgan fingerprint density at radius 2 is 1.90 bits per heavy atom. The van der Waals surface area contributed by atoms with E-state index in [2.05, 4.69) is 12.1 Å². The molecule has 1 aromatic heterocycles. The largest absolute Gasteiger partial charge is 0.494 e. The number of ketones is 2. The van der Waals surface area contributed by atoms with Gasteiger partial charge in [-0.15, -0.1) is 0 Å². The Morgan fingerprint density at radius 1 is 1.03 bits per heavy atom. The molecule has 1 atom stereocenters. The Hall–Kier alpha value is -2.66. The fourth-order valence-electron chi connectivity index (χ4n) is 5.01. The van der Waals surface area contributed by atoms with Gasteiger partial charge in [0.1, 0.15) is 22.9 Å². The number of hydrogen-bond donors (Lipinski definition) is 0. The van der Waals surface area contributed by atoms with Gasteiger partial charge in [0.05, 0.1) is 19.3 Å². The minimum atomic E-state index is -0.259. The molecule has 0 bridgehead atoms. The second-order valence-electron chi connectivity index (χ2n) is 8.83. The molecule has 1 aliphatic heterocycles. The van der Waals surface area contributed by atoms with Crippen LogP contribution >= 0.6 is 0 Å². The summed E-state index contributed by atoms with van der Waals surface area (Å²) in [5, 5.41) is 3.10. The van der Waals surface area contributed by atoms with Crippen molar-refractivity contribution < 1.29 is 23.5 Å². The molecule has 162 valence electrons. The van der Waals surface area contributed by atoms with Crippen molar-refractivity contribution >= 4 is 33.3 Å². The van der Waals surface area contributed by atoms with Crippen LogP contribution in [0.5, 0.6) is 5.75 Å². The van der Waals surface area contributed by atoms with Crippen molar-refractivity contribution in [3.8, 4) is 5.75 Å². The zero-order valence-corrected chi connectivity index (χ0v) is 17.7. The van der Waals surface area contributed by atoms with Gasteiger partial charge in [0.2, 0.25) is 0 Å². The van der Waals surface area contributed by atoms with Gasteiger partial charge >= 0.3 is 0 Å². The highest BCUT2D eigenvalue weighted by Gasteiger charge is 2.31. The monoisotopic (exact) mass is 420 g/mol. The molecule has 2 aromatic carbocycles. The Balaban J connectivity index is 1.33. The molecule has 0 radical (unpaired) electrons. The van der Waals surface area contributed by atoms with Crippen LogP contribution in [-0.4, -0.2) is 31.4 Å². The lowest BCUT2D eigenvalue weighted by molar-refractivity contribution is -0.130. The van der Waals surface area contributed by atoms with Crippen LogP contribution in [0.15, 0.2) is 41.0 Å². The van der Waals surface area contributed by atoms with E-state index in [-0.39, 0.29) is 23.9 Å². The number of carbonyl (C=O) groups excluding carboxylic acids is 2. The average molecular weight is 421 g/mol. The maximum atomic E-state index is 12.5. The van der Waals surface area contributed by atoms with E-state index in [1.165, 1.54) is 6.42 Å². The predicted molar refractivity (Wildman–Crippen MR) is 119 cm³/mol. The number of rotatable bonds is 6. The van der Waals surface area contributed by atoms with Crippen LogP contribution < -0.4 is 4.74 Å². The Kier molecular flexibility index (Phi) is 5.77. The SMILES string of the molecule is O=C1CCC(c2coc3ccc4cc(OCCCC5CCOCC5)ccc4c23)C(=O)C1. The Bertz CT molecular complexity index is 1110. The minimum absolute atomic E-state index is 0.000403. The van der Waals surface area contributed by atoms with E-state index >= 15 is 0 Å². The molecule has 1 unspecified atom stereocenters. The van der Waals surface area contributed by atoms with Crippen LogP contribution in [0.25, 0.3) is 21.7 Å². The van der Waals surface area contributed by atoms with Crippen LogP contribution in [-0.2, 0) is 14.3 Å². The number of carbonyl (C=O) groups is 2. The van der Waals surface area contributed by atoms with E-state index in [0.717, 1.165) is 71.4 Å². The number of furan rings is 1. The molecule has 3 aromatic rings. The van der Waals surface area contributed by atoms with Gasteiger partial charge in [-0.1, -0.05) is 6.07 Å². The van der Waals surface area contributed by atoms with Crippen molar-refractivity contribution in [2.45, 2.75) is 50.9 Å². The maximum absolute atomic E-state index is 12.5. The Morgan fingerprint density at radius 3 is 2.74 bits per heavy atom. The van der Waals surface area contributed by atoms with E-state index < -0.39 is 0 Å². The van der Waals surface area contributed by atoms with Crippen LogP contribution in [0.2, 0.25) is 0 Å². The summed E-state index contributed by atoms with van der Waals surface area (Å²) in [6.07, 6.45) is 7.32. The van der Waals surface area contributed by atoms with Crippen LogP contribution in [0.3, 0.4) is 0 Å². The van der Waals surface area contributed by atoms with Gasteiger partial charge in [-0.05, 0) is 73.1 Å². The smallest absolute Gasteiger partial charge is 0.147 e. The first-order valence-electron chi connectivity index (χ1n) is 11.4. The van der Waals surface area contributed by atoms with E-state index in [0.29, 0.717) is 19.4 Å². The van der Waals surface area contributed by atoms with Gasteiger partial charge in [-0.25, -0.2) is 0 Å². The van der Waals surface area contributed by atoms with E-state index in [1.54, 1.807) is 6.26 Å². The summed E-state index contributed by atoms with van der Waals surface area (Å²) < 4.78 is 17.2. The highest BCUT2D eigenvalue weighted by Crippen LogP contribution is 2.39. The van der Waals surface area contributed by atoms with Gasteiger partial charge in [0.25, 0.3) is 0 Å². The molecule has 5 heteroatoms. The van der Waals surface area contributed by atoms with Crippen LogP contribution in [0, 0.1) is 5.92 Å². The Labute approximate surface area is 181 Å². The third-order valence-corrected chi connectivity index (χ3v) is 6.77. The summed E-state index contributed by atoms with van der Waals surface area (Å²) in [5.41, 5.74) is 1.68. The van der Waals surface area contributed by atoms with E-state index in [9.17, 15) is 9.59 Å². The summed E-state index contributed by atoms with van der Waals surface area (Å²) in [7, 11) is 0. The third kappa shape index (κ3) is 4.24.